The predicted octanol–water partition coefficient (Wildman–Crippen LogP) is 4.46. The van der Waals surface area contributed by atoms with Crippen LogP contribution in [0.25, 0.3) is 0 Å². The molecule has 0 aliphatic heterocycles. The number of hydrogen-bond acceptors (Lipinski definition) is 3. The number of allylic oxidation sites excluding steroid dienone is 3. The zero-order chi connectivity index (χ0) is 18.5. The zero-order valence-corrected chi connectivity index (χ0v) is 15.6. The third-order valence-electron chi connectivity index (χ3n) is 5.11. The lowest BCUT2D eigenvalue weighted by Gasteiger charge is -2.18. The molecule has 1 saturated carbocycles. The van der Waals surface area contributed by atoms with Gasteiger partial charge in [-0.15, -0.1) is 0 Å². The van der Waals surface area contributed by atoms with Crippen molar-refractivity contribution >= 4 is 5.97 Å². The molecule has 0 aromatic carbocycles. The second-order valence-electron chi connectivity index (χ2n) is 7.27. The van der Waals surface area contributed by atoms with Gasteiger partial charge in [-0.1, -0.05) is 50.5 Å². The fourth-order valence-electron chi connectivity index (χ4n) is 3.53. The van der Waals surface area contributed by atoms with E-state index < -0.39 is 5.97 Å². The molecule has 0 aromatic heterocycles. The lowest BCUT2D eigenvalue weighted by atomic mass is 9.90. The molecule has 144 valence electrons. The Kier molecular flexibility index (Phi) is 11.5. The summed E-state index contributed by atoms with van der Waals surface area (Å²) in [6.07, 6.45) is 17.2. The Labute approximate surface area is 152 Å². The lowest BCUT2D eigenvalue weighted by molar-refractivity contribution is -0.137. The third-order valence-corrected chi connectivity index (χ3v) is 5.11. The molecule has 3 N–H and O–H groups in total. The highest BCUT2D eigenvalue weighted by molar-refractivity contribution is 5.66. The molecule has 0 amide bonds. The summed E-state index contributed by atoms with van der Waals surface area (Å²) in [7, 11) is 0. The van der Waals surface area contributed by atoms with E-state index in [1.165, 1.54) is 0 Å². The molecule has 0 bridgehead atoms. The molecule has 25 heavy (non-hydrogen) atoms. The Morgan fingerprint density at radius 3 is 2.68 bits per heavy atom. The first-order valence-corrected chi connectivity index (χ1v) is 9.95. The van der Waals surface area contributed by atoms with Crippen LogP contribution in [0.4, 0.5) is 0 Å². The summed E-state index contributed by atoms with van der Waals surface area (Å²) in [6.45, 7) is 2.16. The molecule has 0 spiro atoms. The number of rotatable bonds is 13. The molecule has 1 aliphatic carbocycles. The van der Waals surface area contributed by atoms with Gasteiger partial charge >= 0.3 is 5.97 Å². The van der Waals surface area contributed by atoms with E-state index in [9.17, 15) is 15.0 Å². The largest absolute Gasteiger partial charge is 0.481 e. The van der Waals surface area contributed by atoms with Crippen molar-refractivity contribution in [2.45, 2.75) is 89.8 Å². The molecule has 4 nitrogen and oxygen atoms in total. The topological polar surface area (TPSA) is 77.8 Å². The van der Waals surface area contributed by atoms with Crippen molar-refractivity contribution in [3.8, 4) is 0 Å². The molecule has 0 heterocycles. The average Bonchev–Trinajstić information content (AvgIpc) is 2.92. The van der Waals surface area contributed by atoms with Crippen LogP contribution in [0.3, 0.4) is 0 Å². The number of aliphatic hydroxyl groups excluding tert-OH is 2. The number of carbonyl (C=O) groups is 1. The van der Waals surface area contributed by atoms with Crippen LogP contribution in [-0.4, -0.2) is 33.5 Å². The maximum absolute atomic E-state index is 10.4. The van der Waals surface area contributed by atoms with E-state index in [4.69, 9.17) is 5.11 Å². The number of unbranched alkanes of at least 4 members (excludes halogenated alkanes) is 4. The molecule has 0 radical (unpaired) electrons. The van der Waals surface area contributed by atoms with Gasteiger partial charge in [0.2, 0.25) is 0 Å². The number of carboxylic acids is 1. The first kappa shape index (κ1) is 21.9. The van der Waals surface area contributed by atoms with Crippen molar-refractivity contribution in [3.05, 3.63) is 24.3 Å². The highest BCUT2D eigenvalue weighted by Crippen LogP contribution is 2.36. The van der Waals surface area contributed by atoms with Crippen LogP contribution in [0.15, 0.2) is 24.3 Å². The van der Waals surface area contributed by atoms with E-state index in [0.29, 0.717) is 12.3 Å². The molecule has 0 aromatic rings. The van der Waals surface area contributed by atoms with Gasteiger partial charge < -0.3 is 15.3 Å². The van der Waals surface area contributed by atoms with E-state index in [-0.39, 0.29) is 24.5 Å². The second kappa shape index (κ2) is 13.1. The number of aliphatic carboxylic acids is 1. The molecular weight excluding hydrogens is 316 g/mol. The molecule has 4 unspecified atom stereocenters. The van der Waals surface area contributed by atoms with E-state index in [1.54, 1.807) is 0 Å². The first-order valence-electron chi connectivity index (χ1n) is 9.95. The van der Waals surface area contributed by atoms with E-state index in [0.717, 1.165) is 57.8 Å². The first-order chi connectivity index (χ1) is 12.0. The fraction of sp³-hybridized carbons (Fsp3) is 0.762. The zero-order valence-electron chi connectivity index (χ0n) is 15.6. The quantitative estimate of drug-likeness (QED) is 0.338. The molecular formula is C21H36O4. The Balaban J connectivity index is 2.31. The maximum Gasteiger partial charge on any atom is 0.303 e. The molecule has 1 fully saturated rings. The van der Waals surface area contributed by atoms with E-state index >= 15 is 0 Å². The van der Waals surface area contributed by atoms with Crippen LogP contribution in [0, 0.1) is 11.8 Å². The second-order valence-corrected chi connectivity index (χ2v) is 7.27. The van der Waals surface area contributed by atoms with E-state index in [2.05, 4.69) is 25.2 Å². The van der Waals surface area contributed by atoms with Gasteiger partial charge in [0.05, 0.1) is 12.2 Å². The van der Waals surface area contributed by atoms with E-state index in [1.807, 2.05) is 6.08 Å². The molecule has 0 saturated heterocycles. The Morgan fingerprint density at radius 2 is 1.96 bits per heavy atom. The van der Waals surface area contributed by atoms with Gasteiger partial charge in [0.1, 0.15) is 0 Å². The van der Waals surface area contributed by atoms with Crippen LogP contribution in [-0.2, 0) is 4.79 Å². The molecule has 1 aliphatic rings. The van der Waals surface area contributed by atoms with Crippen molar-refractivity contribution in [1.29, 1.82) is 0 Å². The molecule has 4 atom stereocenters. The summed E-state index contributed by atoms with van der Waals surface area (Å²) in [4.78, 5) is 10.4. The van der Waals surface area contributed by atoms with Gasteiger partial charge in [-0.2, -0.15) is 0 Å². The minimum Gasteiger partial charge on any atom is -0.481 e. The van der Waals surface area contributed by atoms with Gasteiger partial charge in [0, 0.05) is 6.42 Å². The summed E-state index contributed by atoms with van der Waals surface area (Å²) >= 11 is 0. The average molecular weight is 353 g/mol. The molecule has 4 heteroatoms. The minimum absolute atomic E-state index is 0.231. The van der Waals surface area contributed by atoms with Crippen LogP contribution in [0.2, 0.25) is 0 Å². The van der Waals surface area contributed by atoms with Crippen molar-refractivity contribution in [1.82, 2.24) is 0 Å². The van der Waals surface area contributed by atoms with Gasteiger partial charge in [0.15, 0.2) is 0 Å². The summed E-state index contributed by atoms with van der Waals surface area (Å²) < 4.78 is 0. The van der Waals surface area contributed by atoms with Crippen LogP contribution in [0.1, 0.15) is 77.6 Å². The Hall–Kier alpha value is -1.13. The predicted molar refractivity (Wildman–Crippen MR) is 101 cm³/mol. The van der Waals surface area contributed by atoms with Gasteiger partial charge in [-0.05, 0) is 56.8 Å². The Morgan fingerprint density at radius 1 is 1.16 bits per heavy atom. The maximum atomic E-state index is 10.4. The highest BCUT2D eigenvalue weighted by Gasteiger charge is 2.32. The minimum atomic E-state index is -0.732. The van der Waals surface area contributed by atoms with Crippen molar-refractivity contribution < 1.29 is 20.1 Å². The highest BCUT2D eigenvalue weighted by atomic mass is 16.4. The summed E-state index contributed by atoms with van der Waals surface area (Å²) in [6, 6.07) is 0. The smallest absolute Gasteiger partial charge is 0.303 e. The SMILES string of the molecule is CCCCCC(O)C=CC1CCC(O)C1CC=CCCCCC(=O)O. The van der Waals surface area contributed by atoms with Crippen LogP contribution >= 0.6 is 0 Å². The standard InChI is InChI=1S/C21H36O4/c1-2-3-7-10-18(22)15-13-17-14-16-20(23)19(17)11-8-5-4-6-9-12-21(24)25/h5,8,13,15,17-20,22-23H,2-4,6-7,9-12,14,16H2,1H3,(H,24,25). The normalized spacial score (nSPS) is 25.2. The monoisotopic (exact) mass is 352 g/mol. The van der Waals surface area contributed by atoms with Crippen LogP contribution < -0.4 is 0 Å². The number of aliphatic hydroxyl groups is 2. The van der Waals surface area contributed by atoms with Crippen molar-refractivity contribution in [2.75, 3.05) is 0 Å². The Bertz CT molecular complexity index is 416. The summed E-state index contributed by atoms with van der Waals surface area (Å²) in [5, 5.41) is 28.8. The lowest BCUT2D eigenvalue weighted by Crippen LogP contribution is -2.17. The van der Waals surface area contributed by atoms with Gasteiger partial charge in [0.25, 0.3) is 0 Å². The van der Waals surface area contributed by atoms with Gasteiger partial charge in [-0.25, -0.2) is 0 Å². The number of carboxylic acid groups (broad SMARTS) is 1. The van der Waals surface area contributed by atoms with Crippen molar-refractivity contribution in [3.63, 3.8) is 0 Å². The summed E-state index contributed by atoms with van der Waals surface area (Å²) in [5.41, 5.74) is 0. The molecule has 1 rings (SSSR count). The van der Waals surface area contributed by atoms with Crippen LogP contribution in [0.5, 0.6) is 0 Å². The number of hydrogen-bond donors (Lipinski definition) is 3. The van der Waals surface area contributed by atoms with Crippen molar-refractivity contribution in [2.24, 2.45) is 11.8 Å². The summed E-state index contributed by atoms with van der Waals surface area (Å²) in [5.74, 6) is -0.161. The van der Waals surface area contributed by atoms with Gasteiger partial charge in [-0.3, -0.25) is 4.79 Å². The third kappa shape index (κ3) is 9.81. The fourth-order valence-corrected chi connectivity index (χ4v) is 3.53.